The minimum Gasteiger partial charge on any atom is -0.453 e. The maximum absolute atomic E-state index is 10.2. The van der Waals surface area contributed by atoms with Gasteiger partial charge in [0, 0.05) is 22.5 Å². The molecule has 9 rings (SSSR count). The Labute approximate surface area is 287 Å². The van der Waals surface area contributed by atoms with Crippen molar-refractivity contribution in [1.82, 2.24) is 9.97 Å². The van der Waals surface area contributed by atoms with Gasteiger partial charge in [0.2, 0.25) is 0 Å². The first-order valence-corrected chi connectivity index (χ1v) is 16.0. The minimum atomic E-state index is 0.133. The maximum atomic E-state index is 10.2. The van der Waals surface area contributed by atoms with E-state index in [1.807, 2.05) is 146 Å². The van der Waals surface area contributed by atoms with E-state index in [0.717, 1.165) is 57.1 Å². The largest absolute Gasteiger partial charge is 0.453 e. The van der Waals surface area contributed by atoms with Crippen LogP contribution >= 0.6 is 0 Å². The van der Waals surface area contributed by atoms with Crippen molar-refractivity contribution in [2.24, 2.45) is 0 Å². The molecule has 8 heteroatoms. The first kappa shape index (κ1) is 28.8. The highest BCUT2D eigenvalue weighted by Crippen LogP contribution is 2.51. The second kappa shape index (κ2) is 11.7. The number of benzene rings is 6. The Bertz CT molecular complexity index is 2260. The molecule has 50 heavy (non-hydrogen) atoms. The standard InChI is InChI=1S/C42H24N6O2/c43-25-31-41(27-17-21-29(22-18-27)47-33-9-1-5-13-37(33)49-38-14-6-2-10-34(38)47)45-32(26-44)42(46-31)28-19-23-30(24-20-28)48-35-11-3-7-15-39(35)50-40-16-8-4-12-36(40)48/h1-24H. The number of nitriles is 2. The molecule has 0 amide bonds. The molecular formula is C42H24N6O2. The lowest BCUT2D eigenvalue weighted by Gasteiger charge is -2.32. The molecule has 0 saturated carbocycles. The Morgan fingerprint density at radius 3 is 1.00 bits per heavy atom. The van der Waals surface area contributed by atoms with E-state index in [9.17, 15) is 10.5 Å². The van der Waals surface area contributed by atoms with E-state index in [2.05, 4.69) is 31.9 Å². The number of fused-ring (bicyclic) bond motifs is 4. The summed E-state index contributed by atoms with van der Waals surface area (Å²) in [6.07, 6.45) is 0. The fraction of sp³-hybridized carbons (Fsp3) is 0. The molecule has 0 atom stereocenters. The highest BCUT2D eigenvalue weighted by molar-refractivity contribution is 5.88. The van der Waals surface area contributed by atoms with Crippen LogP contribution in [0.2, 0.25) is 0 Å². The number of aromatic nitrogens is 2. The van der Waals surface area contributed by atoms with Crippen molar-refractivity contribution in [2.45, 2.75) is 0 Å². The molecule has 2 aliphatic heterocycles. The lowest BCUT2D eigenvalue weighted by molar-refractivity contribution is 0.477. The maximum Gasteiger partial charge on any atom is 0.167 e. The van der Waals surface area contributed by atoms with Gasteiger partial charge >= 0.3 is 0 Å². The van der Waals surface area contributed by atoms with Crippen LogP contribution in [-0.2, 0) is 0 Å². The van der Waals surface area contributed by atoms with E-state index in [0.29, 0.717) is 22.5 Å². The number of hydrogen-bond acceptors (Lipinski definition) is 8. The van der Waals surface area contributed by atoms with Crippen molar-refractivity contribution in [3.05, 3.63) is 157 Å². The van der Waals surface area contributed by atoms with Crippen molar-refractivity contribution in [3.63, 3.8) is 0 Å². The van der Waals surface area contributed by atoms with Gasteiger partial charge in [-0.05, 0) is 72.8 Å². The van der Waals surface area contributed by atoms with E-state index in [-0.39, 0.29) is 11.4 Å². The number of hydrogen-bond donors (Lipinski definition) is 0. The first-order chi connectivity index (χ1) is 24.7. The van der Waals surface area contributed by atoms with Crippen LogP contribution in [0.15, 0.2) is 146 Å². The summed E-state index contributed by atoms with van der Waals surface area (Å²) in [7, 11) is 0. The van der Waals surface area contributed by atoms with Crippen LogP contribution in [0.25, 0.3) is 22.5 Å². The zero-order valence-corrected chi connectivity index (χ0v) is 26.4. The Balaban J connectivity index is 1.06. The summed E-state index contributed by atoms with van der Waals surface area (Å²) in [5, 5.41) is 20.4. The van der Waals surface area contributed by atoms with Gasteiger partial charge in [0.15, 0.2) is 34.4 Å². The highest BCUT2D eigenvalue weighted by Gasteiger charge is 2.27. The van der Waals surface area contributed by atoms with Crippen molar-refractivity contribution >= 4 is 34.1 Å². The molecule has 0 N–H and O–H groups in total. The van der Waals surface area contributed by atoms with Crippen LogP contribution < -0.4 is 19.3 Å². The zero-order valence-electron chi connectivity index (χ0n) is 26.4. The zero-order chi connectivity index (χ0) is 33.6. The fourth-order valence-electron chi connectivity index (χ4n) is 6.50. The van der Waals surface area contributed by atoms with E-state index >= 15 is 0 Å². The molecular weight excluding hydrogens is 621 g/mol. The summed E-state index contributed by atoms with van der Waals surface area (Å²) in [4.78, 5) is 13.6. The van der Waals surface area contributed by atoms with Gasteiger partial charge in [0.25, 0.3) is 0 Å². The van der Waals surface area contributed by atoms with Gasteiger partial charge in [-0.1, -0.05) is 72.8 Å². The normalized spacial score (nSPS) is 12.2. The molecule has 7 aromatic rings. The van der Waals surface area contributed by atoms with Gasteiger partial charge in [-0.2, -0.15) is 10.5 Å². The number of anilines is 6. The van der Waals surface area contributed by atoms with Crippen LogP contribution in [-0.4, -0.2) is 9.97 Å². The van der Waals surface area contributed by atoms with Crippen molar-refractivity contribution < 1.29 is 9.47 Å². The average molecular weight is 645 g/mol. The van der Waals surface area contributed by atoms with Gasteiger partial charge in [-0.3, -0.25) is 0 Å². The molecule has 8 nitrogen and oxygen atoms in total. The molecule has 3 heterocycles. The summed E-state index contributed by atoms with van der Waals surface area (Å²) in [6, 6.07) is 51.4. The molecule has 0 spiro atoms. The molecule has 0 bridgehead atoms. The van der Waals surface area contributed by atoms with Crippen molar-refractivity contribution in [1.29, 1.82) is 10.5 Å². The minimum absolute atomic E-state index is 0.133. The van der Waals surface area contributed by atoms with Crippen LogP contribution in [0, 0.1) is 22.7 Å². The second-order valence-corrected chi connectivity index (χ2v) is 11.7. The summed E-state index contributed by atoms with van der Waals surface area (Å²) in [6.45, 7) is 0. The van der Waals surface area contributed by atoms with Gasteiger partial charge in [0.1, 0.15) is 23.5 Å². The molecule has 0 aliphatic carbocycles. The molecule has 0 radical (unpaired) electrons. The molecule has 0 fully saturated rings. The molecule has 234 valence electrons. The van der Waals surface area contributed by atoms with Crippen molar-refractivity contribution in [3.8, 4) is 57.7 Å². The third kappa shape index (κ3) is 4.68. The van der Waals surface area contributed by atoms with E-state index in [4.69, 9.17) is 9.47 Å². The molecule has 0 saturated heterocycles. The lowest BCUT2D eigenvalue weighted by atomic mass is 10.0. The summed E-state index contributed by atoms with van der Waals surface area (Å²) in [5.41, 5.74) is 7.80. The number of ether oxygens (including phenoxy) is 2. The van der Waals surface area contributed by atoms with Gasteiger partial charge in [-0.15, -0.1) is 0 Å². The molecule has 6 aromatic carbocycles. The van der Waals surface area contributed by atoms with Gasteiger partial charge < -0.3 is 19.3 Å². The fourth-order valence-corrected chi connectivity index (χ4v) is 6.50. The van der Waals surface area contributed by atoms with Crippen LogP contribution in [0.4, 0.5) is 34.1 Å². The summed E-state index contributed by atoms with van der Waals surface area (Å²) >= 11 is 0. The summed E-state index contributed by atoms with van der Waals surface area (Å²) in [5.74, 6) is 3.04. The topological polar surface area (TPSA) is 98.3 Å². The van der Waals surface area contributed by atoms with E-state index in [1.54, 1.807) is 0 Å². The first-order valence-electron chi connectivity index (χ1n) is 16.0. The predicted octanol–water partition coefficient (Wildman–Crippen LogP) is 10.7. The SMILES string of the molecule is N#Cc1nc(-c2ccc(N3c4ccccc4Oc4ccccc43)cc2)c(C#N)nc1-c1ccc(N2c3ccccc3Oc3ccccc32)cc1. The predicted molar refractivity (Wildman–Crippen MR) is 192 cm³/mol. The van der Waals surface area contributed by atoms with E-state index < -0.39 is 0 Å². The van der Waals surface area contributed by atoms with Crippen LogP contribution in [0.5, 0.6) is 23.0 Å². The Morgan fingerprint density at radius 1 is 0.400 bits per heavy atom. The number of nitrogens with zero attached hydrogens (tertiary/aromatic N) is 6. The average Bonchev–Trinajstić information content (AvgIpc) is 3.18. The quantitative estimate of drug-likeness (QED) is 0.187. The number of rotatable bonds is 4. The van der Waals surface area contributed by atoms with Gasteiger partial charge in [0.05, 0.1) is 22.7 Å². The second-order valence-electron chi connectivity index (χ2n) is 11.7. The molecule has 1 aromatic heterocycles. The monoisotopic (exact) mass is 644 g/mol. The third-order valence-corrected chi connectivity index (χ3v) is 8.77. The Hall–Kier alpha value is -7.42. The third-order valence-electron chi connectivity index (χ3n) is 8.77. The van der Waals surface area contributed by atoms with Gasteiger partial charge in [-0.25, -0.2) is 9.97 Å². The Kier molecular flexibility index (Phi) is 6.72. The van der Waals surface area contributed by atoms with Crippen LogP contribution in [0.3, 0.4) is 0 Å². The van der Waals surface area contributed by atoms with Crippen LogP contribution in [0.1, 0.15) is 11.4 Å². The molecule has 0 unspecified atom stereocenters. The molecule has 2 aliphatic rings. The highest BCUT2D eigenvalue weighted by atomic mass is 16.5. The van der Waals surface area contributed by atoms with E-state index in [1.165, 1.54) is 0 Å². The summed E-state index contributed by atoms with van der Waals surface area (Å²) < 4.78 is 12.3. The lowest BCUT2D eigenvalue weighted by Crippen LogP contribution is -2.15. The van der Waals surface area contributed by atoms with Crippen molar-refractivity contribution in [2.75, 3.05) is 9.80 Å². The number of para-hydroxylation sites is 8. The Morgan fingerprint density at radius 2 is 0.700 bits per heavy atom. The smallest absolute Gasteiger partial charge is 0.167 e.